The lowest BCUT2D eigenvalue weighted by molar-refractivity contribution is 0.469. The van der Waals surface area contributed by atoms with Gasteiger partial charge in [-0.2, -0.15) is 0 Å². The van der Waals surface area contributed by atoms with Crippen LogP contribution in [0.15, 0.2) is 18.2 Å². The minimum Gasteiger partial charge on any atom is -0.399 e. The molecule has 70 valence electrons. The quantitative estimate of drug-likeness (QED) is 0.634. The summed E-state index contributed by atoms with van der Waals surface area (Å²) in [6.07, 6.45) is 3.50. The SMILES string of the molecule is NCC1CCc2ccc(N)cc2C1. The largest absolute Gasteiger partial charge is 0.399 e. The zero-order valence-corrected chi connectivity index (χ0v) is 7.79. The van der Waals surface area contributed by atoms with Gasteiger partial charge in [0.15, 0.2) is 0 Å². The molecule has 0 aromatic heterocycles. The van der Waals surface area contributed by atoms with E-state index < -0.39 is 0 Å². The molecule has 1 aliphatic rings. The van der Waals surface area contributed by atoms with Crippen LogP contribution in [0.3, 0.4) is 0 Å². The lowest BCUT2D eigenvalue weighted by Crippen LogP contribution is -2.22. The highest BCUT2D eigenvalue weighted by molar-refractivity contribution is 5.45. The van der Waals surface area contributed by atoms with E-state index in [1.807, 2.05) is 6.07 Å². The molecule has 1 aromatic carbocycles. The Balaban J connectivity index is 2.27. The molecule has 0 radical (unpaired) electrons. The number of rotatable bonds is 1. The van der Waals surface area contributed by atoms with Gasteiger partial charge in [0, 0.05) is 5.69 Å². The Morgan fingerprint density at radius 2 is 2.15 bits per heavy atom. The second-order valence-electron chi connectivity index (χ2n) is 3.87. The number of fused-ring (bicyclic) bond motifs is 1. The molecule has 1 aliphatic carbocycles. The monoisotopic (exact) mass is 176 g/mol. The van der Waals surface area contributed by atoms with Crippen LogP contribution in [0.2, 0.25) is 0 Å². The average Bonchev–Trinajstić information content (AvgIpc) is 2.16. The van der Waals surface area contributed by atoms with Crippen LogP contribution in [0.5, 0.6) is 0 Å². The summed E-state index contributed by atoms with van der Waals surface area (Å²) < 4.78 is 0. The van der Waals surface area contributed by atoms with Gasteiger partial charge in [0.05, 0.1) is 0 Å². The topological polar surface area (TPSA) is 52.0 Å². The third-order valence-electron chi connectivity index (χ3n) is 2.89. The first-order chi connectivity index (χ1) is 6.29. The summed E-state index contributed by atoms with van der Waals surface area (Å²) in [6.45, 7) is 0.800. The average molecular weight is 176 g/mol. The summed E-state index contributed by atoms with van der Waals surface area (Å²) in [7, 11) is 0. The maximum atomic E-state index is 5.74. The molecular weight excluding hydrogens is 160 g/mol. The van der Waals surface area contributed by atoms with Gasteiger partial charge in [-0.25, -0.2) is 0 Å². The molecule has 0 aliphatic heterocycles. The molecule has 1 atom stereocenters. The predicted octanol–water partition coefficient (Wildman–Crippen LogP) is 1.33. The van der Waals surface area contributed by atoms with E-state index in [0.717, 1.165) is 25.1 Å². The number of hydrogen-bond donors (Lipinski definition) is 2. The first-order valence-corrected chi connectivity index (χ1v) is 4.87. The van der Waals surface area contributed by atoms with Gasteiger partial charge in [-0.1, -0.05) is 6.07 Å². The van der Waals surface area contributed by atoms with Gasteiger partial charge in [0.1, 0.15) is 0 Å². The summed E-state index contributed by atoms with van der Waals surface area (Å²) >= 11 is 0. The van der Waals surface area contributed by atoms with Gasteiger partial charge < -0.3 is 11.5 Å². The molecule has 0 amide bonds. The Labute approximate surface area is 78.9 Å². The van der Waals surface area contributed by atoms with Crippen LogP contribution in [0.25, 0.3) is 0 Å². The minimum atomic E-state index is 0.661. The maximum Gasteiger partial charge on any atom is 0.0316 e. The molecule has 2 rings (SSSR count). The standard InChI is InChI=1S/C11H16N2/c12-7-8-1-2-9-3-4-11(13)6-10(9)5-8/h3-4,6,8H,1-2,5,7,12-13H2. The lowest BCUT2D eigenvalue weighted by Gasteiger charge is -2.23. The lowest BCUT2D eigenvalue weighted by atomic mass is 9.84. The van der Waals surface area contributed by atoms with Crippen LogP contribution in [-0.2, 0) is 12.8 Å². The van der Waals surface area contributed by atoms with Crippen molar-refractivity contribution < 1.29 is 0 Å². The summed E-state index contributed by atoms with van der Waals surface area (Å²) in [4.78, 5) is 0. The van der Waals surface area contributed by atoms with Crippen LogP contribution in [0.1, 0.15) is 17.5 Å². The number of anilines is 1. The van der Waals surface area contributed by atoms with Gasteiger partial charge in [-0.3, -0.25) is 0 Å². The van der Waals surface area contributed by atoms with Crippen molar-refractivity contribution in [1.82, 2.24) is 0 Å². The summed E-state index contributed by atoms with van der Waals surface area (Å²) in [5, 5.41) is 0. The first kappa shape index (κ1) is 8.57. The normalized spacial score (nSPS) is 21.2. The van der Waals surface area contributed by atoms with Crippen molar-refractivity contribution >= 4 is 5.69 Å². The Bertz CT molecular complexity index is 307. The van der Waals surface area contributed by atoms with Gasteiger partial charge in [0.2, 0.25) is 0 Å². The van der Waals surface area contributed by atoms with Crippen molar-refractivity contribution in [2.24, 2.45) is 11.7 Å². The van der Waals surface area contributed by atoms with Crippen LogP contribution in [0, 0.1) is 5.92 Å². The fourth-order valence-electron chi connectivity index (χ4n) is 2.05. The summed E-state index contributed by atoms with van der Waals surface area (Å²) in [6, 6.07) is 6.23. The van der Waals surface area contributed by atoms with Crippen LogP contribution < -0.4 is 11.5 Å². The molecule has 2 heteroatoms. The molecule has 0 saturated heterocycles. The van der Waals surface area contributed by atoms with Crippen molar-refractivity contribution in [3.8, 4) is 0 Å². The van der Waals surface area contributed by atoms with Gasteiger partial charge >= 0.3 is 0 Å². The number of aryl methyl sites for hydroxylation is 1. The second kappa shape index (κ2) is 3.38. The molecular formula is C11H16N2. The minimum absolute atomic E-state index is 0.661. The summed E-state index contributed by atoms with van der Waals surface area (Å²) in [5.74, 6) is 0.661. The third-order valence-corrected chi connectivity index (χ3v) is 2.89. The Kier molecular flexibility index (Phi) is 2.23. The predicted molar refractivity (Wildman–Crippen MR) is 55.4 cm³/mol. The van der Waals surface area contributed by atoms with Gasteiger partial charge in [0.25, 0.3) is 0 Å². The highest BCUT2D eigenvalue weighted by Gasteiger charge is 2.16. The molecule has 1 unspecified atom stereocenters. The number of benzene rings is 1. The number of hydrogen-bond acceptors (Lipinski definition) is 2. The molecule has 0 saturated carbocycles. The van der Waals surface area contributed by atoms with Gasteiger partial charge in [-0.05, 0) is 55.0 Å². The van der Waals surface area contributed by atoms with Crippen molar-refractivity contribution in [2.75, 3.05) is 12.3 Å². The molecule has 0 spiro atoms. The Hall–Kier alpha value is -1.02. The molecule has 0 fully saturated rings. The van der Waals surface area contributed by atoms with E-state index in [-0.39, 0.29) is 0 Å². The van der Waals surface area contributed by atoms with E-state index in [1.54, 1.807) is 0 Å². The van der Waals surface area contributed by atoms with E-state index in [2.05, 4.69) is 12.1 Å². The second-order valence-corrected chi connectivity index (χ2v) is 3.87. The van der Waals surface area contributed by atoms with Crippen molar-refractivity contribution in [3.63, 3.8) is 0 Å². The Morgan fingerprint density at radius 3 is 2.92 bits per heavy atom. The fraction of sp³-hybridized carbons (Fsp3) is 0.455. The Morgan fingerprint density at radius 1 is 1.31 bits per heavy atom. The van der Waals surface area contributed by atoms with E-state index in [0.29, 0.717) is 5.92 Å². The highest BCUT2D eigenvalue weighted by Crippen LogP contribution is 2.26. The fourth-order valence-corrected chi connectivity index (χ4v) is 2.05. The van der Waals surface area contributed by atoms with Crippen LogP contribution in [-0.4, -0.2) is 6.54 Å². The smallest absolute Gasteiger partial charge is 0.0316 e. The van der Waals surface area contributed by atoms with Crippen molar-refractivity contribution in [3.05, 3.63) is 29.3 Å². The molecule has 4 N–H and O–H groups in total. The van der Waals surface area contributed by atoms with E-state index in [1.165, 1.54) is 17.5 Å². The third kappa shape index (κ3) is 1.68. The number of nitrogen functional groups attached to an aromatic ring is 1. The first-order valence-electron chi connectivity index (χ1n) is 4.87. The van der Waals surface area contributed by atoms with Gasteiger partial charge in [-0.15, -0.1) is 0 Å². The zero-order chi connectivity index (χ0) is 9.26. The zero-order valence-electron chi connectivity index (χ0n) is 7.79. The summed E-state index contributed by atoms with van der Waals surface area (Å²) in [5.41, 5.74) is 15.1. The molecule has 0 heterocycles. The van der Waals surface area contributed by atoms with Crippen molar-refractivity contribution in [2.45, 2.75) is 19.3 Å². The van der Waals surface area contributed by atoms with E-state index in [4.69, 9.17) is 11.5 Å². The molecule has 1 aromatic rings. The van der Waals surface area contributed by atoms with Crippen LogP contribution in [0.4, 0.5) is 5.69 Å². The van der Waals surface area contributed by atoms with Crippen molar-refractivity contribution in [1.29, 1.82) is 0 Å². The molecule has 0 bridgehead atoms. The maximum absolute atomic E-state index is 5.74. The van der Waals surface area contributed by atoms with E-state index >= 15 is 0 Å². The molecule has 13 heavy (non-hydrogen) atoms. The van der Waals surface area contributed by atoms with Crippen LogP contribution >= 0.6 is 0 Å². The molecule has 2 nitrogen and oxygen atoms in total. The highest BCUT2D eigenvalue weighted by atomic mass is 14.6. The van der Waals surface area contributed by atoms with E-state index in [9.17, 15) is 0 Å². The number of nitrogens with two attached hydrogens (primary N) is 2.